The molecular weight excluding hydrogens is 254 g/mol. The van der Waals surface area contributed by atoms with Gasteiger partial charge in [0.25, 0.3) is 0 Å². The van der Waals surface area contributed by atoms with Gasteiger partial charge in [0.1, 0.15) is 0 Å². The van der Waals surface area contributed by atoms with Crippen molar-refractivity contribution in [3.8, 4) is 0 Å². The fraction of sp³-hybridized carbons (Fsp3) is 0.385. The number of benzene rings is 1. The molecule has 1 heterocycles. The third-order valence-electron chi connectivity index (χ3n) is 2.70. The van der Waals surface area contributed by atoms with Crippen LogP contribution in [0.25, 0.3) is 10.1 Å². The van der Waals surface area contributed by atoms with Gasteiger partial charge in [0.05, 0.1) is 6.61 Å². The van der Waals surface area contributed by atoms with Gasteiger partial charge >= 0.3 is 0 Å². The summed E-state index contributed by atoms with van der Waals surface area (Å²) in [5, 5.41) is 6.95. The summed E-state index contributed by atoms with van der Waals surface area (Å²) in [5.41, 5.74) is 1.33. The maximum absolute atomic E-state index is 5.86. The van der Waals surface area contributed by atoms with Crippen LogP contribution in [0.2, 0.25) is 0 Å². The van der Waals surface area contributed by atoms with Gasteiger partial charge in [-0.1, -0.05) is 18.2 Å². The molecule has 0 bridgehead atoms. The summed E-state index contributed by atoms with van der Waals surface area (Å²) in [4.78, 5) is 0. The van der Waals surface area contributed by atoms with Crippen molar-refractivity contribution in [1.82, 2.24) is 5.32 Å². The van der Waals surface area contributed by atoms with E-state index in [2.05, 4.69) is 35.0 Å². The minimum absolute atomic E-state index is 0.209. The van der Waals surface area contributed by atoms with Crippen LogP contribution in [0.3, 0.4) is 0 Å². The quantitative estimate of drug-likeness (QED) is 0.813. The van der Waals surface area contributed by atoms with E-state index in [0.717, 1.165) is 6.54 Å². The lowest BCUT2D eigenvalue weighted by molar-refractivity contribution is 0.173. The van der Waals surface area contributed by atoms with Crippen molar-refractivity contribution >= 4 is 33.0 Å². The second-order valence-corrected chi connectivity index (χ2v) is 5.16. The summed E-state index contributed by atoms with van der Waals surface area (Å²) in [6, 6.07) is 8.67. The molecule has 1 N–H and O–H groups in total. The molecular formula is C13H16ClNOS. The van der Waals surface area contributed by atoms with Crippen molar-refractivity contribution in [2.45, 2.75) is 12.6 Å². The first-order chi connectivity index (χ1) is 8.35. The molecule has 0 saturated heterocycles. The molecule has 1 unspecified atom stereocenters. The molecule has 0 saturated carbocycles. The highest BCUT2D eigenvalue weighted by molar-refractivity contribution is 7.17. The van der Waals surface area contributed by atoms with Gasteiger partial charge in [-0.25, -0.2) is 0 Å². The normalized spacial score (nSPS) is 13.1. The molecule has 4 heteroatoms. The predicted molar refractivity (Wildman–Crippen MR) is 75.0 cm³/mol. The highest BCUT2D eigenvalue weighted by Gasteiger charge is 2.08. The molecule has 2 aromatic rings. The highest BCUT2D eigenvalue weighted by Crippen LogP contribution is 2.25. The van der Waals surface area contributed by atoms with Crippen molar-refractivity contribution in [3.05, 3.63) is 35.2 Å². The van der Waals surface area contributed by atoms with Crippen LogP contribution >= 0.6 is 22.9 Å². The van der Waals surface area contributed by atoms with Crippen LogP contribution in [0.15, 0.2) is 29.6 Å². The number of ether oxygens (including phenoxy) is 1. The van der Waals surface area contributed by atoms with Crippen LogP contribution in [0.1, 0.15) is 5.56 Å². The third kappa shape index (κ3) is 3.19. The first-order valence-corrected chi connectivity index (χ1v) is 7.00. The maximum Gasteiger partial charge on any atom is 0.0627 e. The van der Waals surface area contributed by atoms with Gasteiger partial charge < -0.3 is 10.1 Å². The van der Waals surface area contributed by atoms with Crippen LogP contribution in [-0.2, 0) is 11.3 Å². The number of nitrogens with one attached hydrogen (secondary N) is 1. The van der Waals surface area contributed by atoms with Crippen LogP contribution < -0.4 is 5.32 Å². The summed E-state index contributed by atoms with van der Waals surface area (Å²) < 4.78 is 6.44. The number of methoxy groups -OCH3 is 1. The molecule has 0 amide bonds. The summed E-state index contributed by atoms with van der Waals surface area (Å²) in [6.07, 6.45) is 0. The molecule has 1 aromatic carbocycles. The summed E-state index contributed by atoms with van der Waals surface area (Å²) in [5.74, 6) is 0.565. The molecule has 0 radical (unpaired) electrons. The van der Waals surface area contributed by atoms with Crippen molar-refractivity contribution in [2.24, 2.45) is 0 Å². The van der Waals surface area contributed by atoms with Gasteiger partial charge in [0.15, 0.2) is 0 Å². The average Bonchev–Trinajstić information content (AvgIpc) is 2.78. The number of rotatable bonds is 6. The Hall–Kier alpha value is -0.610. The van der Waals surface area contributed by atoms with Gasteiger partial charge in [-0.15, -0.1) is 22.9 Å². The molecule has 2 nitrogen and oxygen atoms in total. The Kier molecular flexibility index (Phi) is 4.80. The monoisotopic (exact) mass is 269 g/mol. The largest absolute Gasteiger partial charge is 0.383 e. The number of halogens is 1. The molecule has 0 aliphatic heterocycles. The highest BCUT2D eigenvalue weighted by atomic mass is 35.5. The topological polar surface area (TPSA) is 21.3 Å². The molecule has 1 aromatic heterocycles. The Morgan fingerprint density at radius 2 is 2.24 bits per heavy atom. The van der Waals surface area contributed by atoms with Crippen molar-refractivity contribution in [1.29, 1.82) is 0 Å². The van der Waals surface area contributed by atoms with E-state index in [0.29, 0.717) is 12.5 Å². The Balaban J connectivity index is 2.03. The van der Waals surface area contributed by atoms with Gasteiger partial charge in [0.2, 0.25) is 0 Å². The van der Waals surface area contributed by atoms with Crippen LogP contribution in [0.5, 0.6) is 0 Å². The minimum Gasteiger partial charge on any atom is -0.383 e. The summed E-state index contributed by atoms with van der Waals surface area (Å²) >= 11 is 7.65. The Morgan fingerprint density at radius 3 is 3.00 bits per heavy atom. The number of fused-ring (bicyclic) bond motifs is 1. The van der Waals surface area contributed by atoms with Gasteiger partial charge in [0, 0.05) is 30.3 Å². The van der Waals surface area contributed by atoms with E-state index in [1.165, 1.54) is 15.6 Å². The zero-order valence-corrected chi connectivity index (χ0v) is 11.4. The van der Waals surface area contributed by atoms with E-state index < -0.39 is 0 Å². The third-order valence-corrected chi connectivity index (χ3v) is 4.08. The standard InChI is InChI=1S/C13H16ClNOS/c1-16-8-11(6-14)15-7-10-9-17-13-5-3-2-4-12(10)13/h2-5,9,11,15H,6-8H2,1H3. The number of thiophene rings is 1. The Bertz CT molecular complexity index is 471. The molecule has 2 rings (SSSR count). The van der Waals surface area contributed by atoms with Crippen molar-refractivity contribution < 1.29 is 4.74 Å². The smallest absolute Gasteiger partial charge is 0.0627 e. The van der Waals surface area contributed by atoms with E-state index in [1.54, 1.807) is 18.4 Å². The van der Waals surface area contributed by atoms with Gasteiger partial charge in [-0.05, 0) is 22.4 Å². The lowest BCUT2D eigenvalue weighted by atomic mass is 10.2. The van der Waals surface area contributed by atoms with Crippen LogP contribution in [0, 0.1) is 0 Å². The zero-order valence-electron chi connectivity index (χ0n) is 9.78. The lowest BCUT2D eigenvalue weighted by Gasteiger charge is -2.14. The van der Waals surface area contributed by atoms with E-state index in [1.807, 2.05) is 0 Å². The average molecular weight is 270 g/mol. The second kappa shape index (κ2) is 6.36. The van der Waals surface area contributed by atoms with Crippen molar-refractivity contribution in [2.75, 3.05) is 19.6 Å². The van der Waals surface area contributed by atoms with Gasteiger partial charge in [-0.3, -0.25) is 0 Å². The SMILES string of the molecule is COCC(CCl)NCc1csc2ccccc12. The van der Waals surface area contributed by atoms with Crippen LogP contribution in [-0.4, -0.2) is 25.6 Å². The lowest BCUT2D eigenvalue weighted by Crippen LogP contribution is -2.34. The molecule has 1 atom stereocenters. The molecule has 0 aliphatic rings. The van der Waals surface area contributed by atoms with E-state index in [4.69, 9.17) is 16.3 Å². The fourth-order valence-corrected chi connectivity index (χ4v) is 2.94. The first kappa shape index (κ1) is 12.8. The fourth-order valence-electron chi connectivity index (χ4n) is 1.78. The zero-order chi connectivity index (χ0) is 12.1. The van der Waals surface area contributed by atoms with E-state index in [9.17, 15) is 0 Å². The molecule has 0 aliphatic carbocycles. The Morgan fingerprint density at radius 1 is 1.41 bits per heavy atom. The molecule has 0 fully saturated rings. The summed E-state index contributed by atoms with van der Waals surface area (Å²) in [6.45, 7) is 1.48. The first-order valence-electron chi connectivity index (χ1n) is 5.58. The van der Waals surface area contributed by atoms with E-state index in [-0.39, 0.29) is 6.04 Å². The second-order valence-electron chi connectivity index (χ2n) is 3.94. The number of hydrogen-bond donors (Lipinski definition) is 1. The molecule has 92 valence electrons. The minimum atomic E-state index is 0.209. The number of hydrogen-bond acceptors (Lipinski definition) is 3. The van der Waals surface area contributed by atoms with Gasteiger partial charge in [-0.2, -0.15) is 0 Å². The van der Waals surface area contributed by atoms with E-state index >= 15 is 0 Å². The summed E-state index contributed by atoms with van der Waals surface area (Å²) in [7, 11) is 1.70. The van der Waals surface area contributed by atoms with Crippen molar-refractivity contribution in [3.63, 3.8) is 0 Å². The molecule has 0 spiro atoms. The maximum atomic E-state index is 5.86. The molecule has 17 heavy (non-hydrogen) atoms. The van der Waals surface area contributed by atoms with Crippen LogP contribution in [0.4, 0.5) is 0 Å². The number of alkyl halides is 1. The predicted octanol–water partition coefficient (Wildman–Crippen LogP) is 3.24. The Labute approximate surface area is 111 Å².